The fraction of sp³-hybridized carbons (Fsp3) is 0.838. The molecule has 2 bridgehead atoms. The second-order valence-corrected chi connectivity index (χ2v) is 17.7. The lowest BCUT2D eigenvalue weighted by Gasteiger charge is -2.77. The summed E-state index contributed by atoms with van der Waals surface area (Å²) in [5, 5.41) is 9.49. The molecule has 5 saturated carbocycles. The van der Waals surface area contributed by atoms with E-state index in [0.29, 0.717) is 28.3 Å². The lowest BCUT2D eigenvalue weighted by atomic mass is 9.31. The molecule has 10 atom stereocenters. The number of carbonyl (C=O) groups is 1. The van der Waals surface area contributed by atoms with Crippen LogP contribution in [0.25, 0.3) is 0 Å². The Morgan fingerprint density at radius 2 is 1.69 bits per heavy atom. The van der Waals surface area contributed by atoms with E-state index in [1.807, 2.05) is 29.1 Å². The average molecular weight is 579 g/mol. The van der Waals surface area contributed by atoms with Crippen LogP contribution in [0.5, 0.6) is 0 Å². The first-order valence-corrected chi connectivity index (χ1v) is 17.2. The minimum Gasteiger partial charge on any atom is -0.457 e. The van der Waals surface area contributed by atoms with Crippen LogP contribution in [0.15, 0.2) is 24.5 Å². The maximum absolute atomic E-state index is 13.2. The van der Waals surface area contributed by atoms with Gasteiger partial charge in [0.25, 0.3) is 0 Å². The molecule has 1 spiro atoms. The largest absolute Gasteiger partial charge is 0.457 e. The summed E-state index contributed by atoms with van der Waals surface area (Å²) in [6.07, 6.45) is 16.7. The minimum atomic E-state index is -0.169. The predicted molar refractivity (Wildman–Crippen MR) is 162 cm³/mol. The second kappa shape index (κ2) is 9.28. The predicted octanol–water partition coefficient (Wildman–Crippen LogP) is 7.02. The Morgan fingerprint density at radius 1 is 0.929 bits per heavy atom. The first-order valence-electron chi connectivity index (χ1n) is 17.2. The average Bonchev–Trinajstić information content (AvgIpc) is 2.91. The molecule has 2 aliphatic heterocycles. The van der Waals surface area contributed by atoms with Crippen LogP contribution in [0.1, 0.15) is 118 Å². The molecule has 4 unspecified atom stereocenters. The molecule has 2 saturated heterocycles. The summed E-state index contributed by atoms with van der Waals surface area (Å²) in [7, 11) is 0. The number of fused-ring (bicyclic) bond motifs is 7. The summed E-state index contributed by atoms with van der Waals surface area (Å²) < 4.78 is 14.9. The van der Waals surface area contributed by atoms with Crippen molar-refractivity contribution in [3.8, 4) is 0 Å². The molecule has 1 aromatic rings. The molecule has 1 N–H and O–H groups in total. The van der Waals surface area contributed by atoms with E-state index < -0.39 is 0 Å². The highest BCUT2D eigenvalue weighted by atomic mass is 16.5. The van der Waals surface area contributed by atoms with Crippen LogP contribution in [-0.2, 0) is 27.4 Å². The number of ether oxygens (including phenoxy) is 2. The fourth-order valence-corrected chi connectivity index (χ4v) is 12.9. The van der Waals surface area contributed by atoms with Crippen molar-refractivity contribution in [3.05, 3.63) is 30.1 Å². The van der Waals surface area contributed by atoms with Gasteiger partial charge in [-0.3, -0.25) is 0 Å². The van der Waals surface area contributed by atoms with E-state index in [9.17, 15) is 9.90 Å². The van der Waals surface area contributed by atoms with Crippen molar-refractivity contribution >= 4 is 5.97 Å². The Balaban J connectivity index is 1.11. The van der Waals surface area contributed by atoms with Gasteiger partial charge in [-0.15, -0.1) is 0 Å². The molecular weight excluding hydrogens is 522 g/mol. The van der Waals surface area contributed by atoms with Crippen molar-refractivity contribution in [2.75, 3.05) is 0 Å². The zero-order valence-electron chi connectivity index (χ0n) is 27.4. The third kappa shape index (κ3) is 3.80. The summed E-state index contributed by atoms with van der Waals surface area (Å²) in [6, 6.07) is 3.75. The van der Waals surface area contributed by atoms with Crippen molar-refractivity contribution in [3.63, 3.8) is 0 Å². The van der Waals surface area contributed by atoms with Crippen LogP contribution < -0.4 is 4.57 Å². The monoisotopic (exact) mass is 578 g/mol. The van der Waals surface area contributed by atoms with Gasteiger partial charge in [-0.1, -0.05) is 48.5 Å². The standard InChI is InChI=1S/C37H56NO4/c1-32(2)16-18-37-19-17-35(6)25(30(37)31(32)42-37)10-11-27-34(5)14-13-28(33(3,4)26(34)12-15-36(27,35)7)41-29(40)22-38-20-8-9-24(21-38)23-39/h8-9,20-21,25-28,30-31,39H,10-19,22-23H2,1-7H3/q+1/t25?,26?,27?,28-,30?,31+,34-,35+,36+,37-/m0/s1. The van der Waals surface area contributed by atoms with E-state index in [0.717, 1.165) is 36.2 Å². The minimum absolute atomic E-state index is 0.0282. The number of carbonyl (C=O) groups excluding carboxylic acids is 1. The Labute approximate surface area is 254 Å². The Kier molecular flexibility index (Phi) is 6.47. The van der Waals surface area contributed by atoms with E-state index in [1.165, 1.54) is 51.4 Å². The van der Waals surface area contributed by atoms with Crippen molar-refractivity contribution in [1.29, 1.82) is 0 Å². The number of rotatable bonds is 4. The van der Waals surface area contributed by atoms with Gasteiger partial charge in [-0.2, -0.15) is 4.57 Å². The van der Waals surface area contributed by atoms with E-state index in [4.69, 9.17) is 9.47 Å². The number of hydrogen-bond acceptors (Lipinski definition) is 4. The lowest BCUT2D eigenvalue weighted by Crippen LogP contribution is -2.77. The summed E-state index contributed by atoms with van der Waals surface area (Å²) >= 11 is 0. The molecular formula is C37H56NO4+. The number of esters is 1. The Morgan fingerprint density at radius 3 is 2.43 bits per heavy atom. The molecule has 7 aliphatic rings. The topological polar surface area (TPSA) is 59.6 Å². The Bertz CT molecular complexity index is 1250. The highest BCUT2D eigenvalue weighted by Gasteiger charge is 2.75. The van der Waals surface area contributed by atoms with Crippen molar-refractivity contribution < 1.29 is 23.9 Å². The van der Waals surface area contributed by atoms with Crippen LogP contribution in [0.2, 0.25) is 0 Å². The van der Waals surface area contributed by atoms with Gasteiger partial charge in [0.05, 0.1) is 18.3 Å². The maximum atomic E-state index is 13.2. The van der Waals surface area contributed by atoms with Crippen molar-refractivity contribution in [2.45, 2.75) is 144 Å². The zero-order chi connectivity index (χ0) is 29.9. The second-order valence-electron chi connectivity index (χ2n) is 17.7. The van der Waals surface area contributed by atoms with Gasteiger partial charge in [0.1, 0.15) is 6.10 Å². The number of nitrogens with zero attached hydrogens (tertiary/aromatic N) is 1. The highest BCUT2D eigenvalue weighted by molar-refractivity contribution is 5.68. The van der Waals surface area contributed by atoms with Gasteiger partial charge < -0.3 is 14.6 Å². The molecule has 42 heavy (non-hydrogen) atoms. The van der Waals surface area contributed by atoms with Crippen LogP contribution >= 0.6 is 0 Å². The summed E-state index contributed by atoms with van der Waals surface area (Å²) in [5.74, 6) is 2.66. The number of aromatic nitrogens is 1. The number of hydrogen-bond donors (Lipinski definition) is 1. The molecule has 232 valence electrons. The molecule has 1 aromatic heterocycles. The van der Waals surface area contributed by atoms with Gasteiger partial charge >= 0.3 is 5.97 Å². The zero-order valence-corrected chi connectivity index (χ0v) is 27.4. The number of aliphatic hydroxyl groups is 1. The van der Waals surface area contributed by atoms with E-state index in [2.05, 4.69) is 48.5 Å². The Hall–Kier alpha value is -1.46. The summed E-state index contributed by atoms with van der Waals surface area (Å²) in [4.78, 5) is 13.2. The molecule has 5 nitrogen and oxygen atoms in total. The molecule has 5 aliphatic carbocycles. The molecule has 0 amide bonds. The van der Waals surface area contributed by atoms with Gasteiger partial charge in [0.15, 0.2) is 12.4 Å². The molecule has 5 heteroatoms. The quantitative estimate of drug-likeness (QED) is 0.308. The highest BCUT2D eigenvalue weighted by Crippen LogP contribution is 2.78. The normalized spacial score (nSPS) is 48.0. The smallest absolute Gasteiger partial charge is 0.372 e. The third-order valence-corrected chi connectivity index (χ3v) is 15.3. The molecule has 0 radical (unpaired) electrons. The summed E-state index contributed by atoms with van der Waals surface area (Å²) in [6.45, 7) is 17.9. The third-order valence-electron chi connectivity index (χ3n) is 15.3. The molecule has 0 aromatic carbocycles. The fourth-order valence-electron chi connectivity index (χ4n) is 12.9. The van der Waals surface area contributed by atoms with E-state index in [1.54, 1.807) is 0 Å². The molecule has 3 heterocycles. The van der Waals surface area contributed by atoms with E-state index in [-0.39, 0.29) is 41.7 Å². The van der Waals surface area contributed by atoms with Crippen molar-refractivity contribution in [2.24, 2.45) is 50.7 Å². The molecule has 7 fully saturated rings. The van der Waals surface area contributed by atoms with Gasteiger partial charge in [-0.25, -0.2) is 4.79 Å². The number of pyridine rings is 1. The lowest BCUT2D eigenvalue weighted by molar-refractivity contribution is -0.686. The first kappa shape index (κ1) is 29.3. The van der Waals surface area contributed by atoms with Crippen LogP contribution in [0, 0.1) is 50.7 Å². The van der Waals surface area contributed by atoms with Crippen molar-refractivity contribution in [1.82, 2.24) is 0 Å². The van der Waals surface area contributed by atoms with Crippen LogP contribution in [0.4, 0.5) is 0 Å². The SMILES string of the molecule is CC1(C)CC[C@]23CC[C@]4(C)C(CCC5[C@@]6(C)CC[C@H](OC(=O)C[n+]7cccc(CO)c7)C(C)(C)C6CC[C@]54C)C2[C@H]1O3. The van der Waals surface area contributed by atoms with E-state index >= 15 is 0 Å². The first-order chi connectivity index (χ1) is 19.7. The van der Waals surface area contributed by atoms with Gasteiger partial charge in [0, 0.05) is 23.0 Å². The molecule has 8 rings (SSSR count). The number of aliphatic hydroxyl groups excluding tert-OH is 1. The van der Waals surface area contributed by atoms with Gasteiger partial charge in [-0.05, 0) is 110 Å². The van der Waals surface area contributed by atoms with Gasteiger partial charge in [0.2, 0.25) is 6.54 Å². The van der Waals surface area contributed by atoms with Crippen LogP contribution in [0.3, 0.4) is 0 Å². The van der Waals surface area contributed by atoms with Crippen LogP contribution in [-0.4, -0.2) is 28.9 Å². The maximum Gasteiger partial charge on any atom is 0.372 e. The summed E-state index contributed by atoms with van der Waals surface area (Å²) in [5.41, 5.74) is 2.25.